The van der Waals surface area contributed by atoms with Crippen molar-refractivity contribution < 1.29 is 9.59 Å². The molecular formula is C30H36N2O2. The van der Waals surface area contributed by atoms with E-state index in [0.29, 0.717) is 19.4 Å². The average Bonchev–Trinajstić information content (AvgIpc) is 2.88. The molecule has 0 aromatic heterocycles. The zero-order valence-corrected chi connectivity index (χ0v) is 20.5. The van der Waals surface area contributed by atoms with Gasteiger partial charge in [-0.15, -0.1) is 0 Å². The Labute approximate surface area is 204 Å². The molecule has 34 heavy (non-hydrogen) atoms. The number of rotatable bonds is 11. The third-order valence-corrected chi connectivity index (χ3v) is 6.44. The van der Waals surface area contributed by atoms with Crippen LogP contribution < -0.4 is 5.32 Å². The zero-order valence-electron chi connectivity index (χ0n) is 20.5. The van der Waals surface area contributed by atoms with E-state index in [9.17, 15) is 9.59 Å². The maximum atomic E-state index is 13.8. The molecule has 0 aliphatic carbocycles. The second-order valence-corrected chi connectivity index (χ2v) is 8.89. The van der Waals surface area contributed by atoms with Gasteiger partial charge < -0.3 is 10.2 Å². The van der Waals surface area contributed by atoms with E-state index in [2.05, 4.69) is 41.7 Å². The highest BCUT2D eigenvalue weighted by molar-refractivity contribution is 5.88. The van der Waals surface area contributed by atoms with E-state index in [-0.39, 0.29) is 23.8 Å². The van der Waals surface area contributed by atoms with Crippen molar-refractivity contribution in [2.45, 2.75) is 58.0 Å². The van der Waals surface area contributed by atoms with Gasteiger partial charge in [0.15, 0.2) is 0 Å². The van der Waals surface area contributed by atoms with Crippen molar-refractivity contribution in [3.63, 3.8) is 0 Å². The molecule has 0 spiro atoms. The second-order valence-electron chi connectivity index (χ2n) is 8.89. The topological polar surface area (TPSA) is 49.4 Å². The number of carbonyl (C=O) groups excluding carboxylic acids is 2. The molecule has 2 atom stereocenters. The maximum absolute atomic E-state index is 13.8. The molecular weight excluding hydrogens is 420 g/mol. The summed E-state index contributed by atoms with van der Waals surface area (Å²) >= 11 is 0. The Kier molecular flexibility index (Phi) is 9.45. The molecule has 4 heteroatoms. The smallest absolute Gasteiger partial charge is 0.242 e. The van der Waals surface area contributed by atoms with Gasteiger partial charge in [0.05, 0.1) is 0 Å². The summed E-state index contributed by atoms with van der Waals surface area (Å²) in [7, 11) is 0. The Morgan fingerprint density at radius 1 is 0.794 bits per heavy atom. The van der Waals surface area contributed by atoms with Gasteiger partial charge >= 0.3 is 0 Å². The standard InChI is InChI=1S/C30H36N2O2/c1-4-23(2)31-30(34)24(3)32(21-20-25-14-8-5-9-15-25)29(33)22-28(26-16-10-6-11-17-26)27-18-12-7-13-19-27/h5-19,23-24,28H,4,20-22H2,1-3H3,(H,31,34)/t23-,24-/m0/s1. The van der Waals surface area contributed by atoms with Gasteiger partial charge in [-0.1, -0.05) is 97.9 Å². The summed E-state index contributed by atoms with van der Waals surface area (Å²) in [4.78, 5) is 28.5. The van der Waals surface area contributed by atoms with Crippen LogP contribution in [0.1, 0.15) is 56.2 Å². The number of hydrogen-bond acceptors (Lipinski definition) is 2. The number of carbonyl (C=O) groups is 2. The normalized spacial score (nSPS) is 12.7. The van der Waals surface area contributed by atoms with Crippen LogP contribution in [0.4, 0.5) is 0 Å². The molecule has 3 aromatic rings. The van der Waals surface area contributed by atoms with Crippen LogP contribution in [-0.2, 0) is 16.0 Å². The summed E-state index contributed by atoms with van der Waals surface area (Å²) in [6.07, 6.45) is 1.86. The minimum atomic E-state index is -0.544. The summed E-state index contributed by atoms with van der Waals surface area (Å²) in [5.74, 6) is -0.189. The minimum absolute atomic E-state index is 0.0135. The van der Waals surface area contributed by atoms with Crippen molar-refractivity contribution >= 4 is 11.8 Å². The molecule has 4 nitrogen and oxygen atoms in total. The summed E-state index contributed by atoms with van der Waals surface area (Å²) < 4.78 is 0. The Morgan fingerprint density at radius 2 is 1.29 bits per heavy atom. The quantitative estimate of drug-likeness (QED) is 0.409. The Bertz CT molecular complexity index is 982. The van der Waals surface area contributed by atoms with Crippen LogP contribution >= 0.6 is 0 Å². The largest absolute Gasteiger partial charge is 0.352 e. The van der Waals surface area contributed by atoms with E-state index in [1.807, 2.05) is 75.4 Å². The van der Waals surface area contributed by atoms with Crippen LogP contribution in [0.25, 0.3) is 0 Å². The highest BCUT2D eigenvalue weighted by Gasteiger charge is 2.29. The zero-order chi connectivity index (χ0) is 24.3. The molecule has 0 fully saturated rings. The van der Waals surface area contributed by atoms with Gasteiger partial charge in [0.25, 0.3) is 0 Å². The van der Waals surface area contributed by atoms with Crippen molar-refractivity contribution in [3.8, 4) is 0 Å². The fourth-order valence-corrected chi connectivity index (χ4v) is 4.13. The fourth-order valence-electron chi connectivity index (χ4n) is 4.13. The predicted octanol–water partition coefficient (Wildman–Crippen LogP) is 5.58. The average molecular weight is 457 g/mol. The van der Waals surface area contributed by atoms with E-state index in [1.54, 1.807) is 4.90 Å². The van der Waals surface area contributed by atoms with Crippen molar-refractivity contribution in [1.82, 2.24) is 10.2 Å². The molecule has 0 radical (unpaired) electrons. The SMILES string of the molecule is CC[C@H](C)NC(=O)[C@H](C)N(CCc1ccccc1)C(=O)CC(c1ccccc1)c1ccccc1. The third kappa shape index (κ3) is 7.05. The molecule has 0 heterocycles. The summed E-state index contributed by atoms with van der Waals surface area (Å²) in [5.41, 5.74) is 3.35. The van der Waals surface area contributed by atoms with Crippen LogP contribution in [0.2, 0.25) is 0 Å². The van der Waals surface area contributed by atoms with Crippen molar-refractivity contribution in [2.24, 2.45) is 0 Å². The molecule has 0 bridgehead atoms. The molecule has 178 valence electrons. The maximum Gasteiger partial charge on any atom is 0.242 e. The Hall–Kier alpha value is -3.40. The first-order valence-electron chi connectivity index (χ1n) is 12.2. The van der Waals surface area contributed by atoms with Gasteiger partial charge in [0.1, 0.15) is 6.04 Å². The number of nitrogens with one attached hydrogen (secondary N) is 1. The number of hydrogen-bond donors (Lipinski definition) is 1. The molecule has 3 rings (SSSR count). The minimum Gasteiger partial charge on any atom is -0.352 e. The van der Waals surface area contributed by atoms with E-state index < -0.39 is 6.04 Å². The van der Waals surface area contributed by atoms with Crippen molar-refractivity contribution in [2.75, 3.05) is 6.54 Å². The van der Waals surface area contributed by atoms with Crippen LogP contribution in [-0.4, -0.2) is 35.3 Å². The lowest BCUT2D eigenvalue weighted by atomic mass is 9.88. The second kappa shape index (κ2) is 12.7. The van der Waals surface area contributed by atoms with E-state index in [0.717, 1.165) is 23.1 Å². The van der Waals surface area contributed by atoms with Gasteiger partial charge in [-0.05, 0) is 43.4 Å². The third-order valence-electron chi connectivity index (χ3n) is 6.44. The van der Waals surface area contributed by atoms with Crippen molar-refractivity contribution in [3.05, 3.63) is 108 Å². The van der Waals surface area contributed by atoms with Gasteiger partial charge in [-0.2, -0.15) is 0 Å². The van der Waals surface area contributed by atoms with Gasteiger partial charge in [-0.25, -0.2) is 0 Å². The summed E-state index contributed by atoms with van der Waals surface area (Å²) in [6.45, 7) is 6.36. The Balaban J connectivity index is 1.85. The van der Waals surface area contributed by atoms with E-state index in [4.69, 9.17) is 0 Å². The van der Waals surface area contributed by atoms with Crippen LogP contribution in [0.15, 0.2) is 91.0 Å². The highest BCUT2D eigenvalue weighted by Crippen LogP contribution is 2.29. The van der Waals surface area contributed by atoms with E-state index >= 15 is 0 Å². The van der Waals surface area contributed by atoms with Crippen LogP contribution in [0, 0.1) is 0 Å². The van der Waals surface area contributed by atoms with Gasteiger partial charge in [0, 0.05) is 24.9 Å². The van der Waals surface area contributed by atoms with Crippen LogP contribution in [0.5, 0.6) is 0 Å². The molecule has 1 N–H and O–H groups in total. The molecule has 2 amide bonds. The molecule has 3 aromatic carbocycles. The van der Waals surface area contributed by atoms with Crippen molar-refractivity contribution in [1.29, 1.82) is 0 Å². The number of nitrogens with zero attached hydrogens (tertiary/aromatic N) is 1. The lowest BCUT2D eigenvalue weighted by molar-refractivity contribution is -0.140. The lowest BCUT2D eigenvalue weighted by Crippen LogP contribution is -2.50. The predicted molar refractivity (Wildman–Crippen MR) is 139 cm³/mol. The Morgan fingerprint density at radius 3 is 1.79 bits per heavy atom. The number of benzene rings is 3. The number of amides is 2. The molecule has 0 aliphatic heterocycles. The molecule has 0 saturated carbocycles. The van der Waals surface area contributed by atoms with E-state index in [1.165, 1.54) is 0 Å². The first-order valence-corrected chi connectivity index (χ1v) is 12.2. The molecule has 0 aliphatic rings. The highest BCUT2D eigenvalue weighted by atomic mass is 16.2. The molecule has 0 saturated heterocycles. The fraction of sp³-hybridized carbons (Fsp3) is 0.333. The van der Waals surface area contributed by atoms with Gasteiger partial charge in [-0.3, -0.25) is 9.59 Å². The summed E-state index contributed by atoms with van der Waals surface area (Å²) in [6, 6.07) is 29.9. The summed E-state index contributed by atoms with van der Waals surface area (Å²) in [5, 5.41) is 3.05. The molecule has 0 unspecified atom stereocenters. The van der Waals surface area contributed by atoms with Crippen LogP contribution in [0.3, 0.4) is 0 Å². The lowest BCUT2D eigenvalue weighted by Gasteiger charge is -2.31. The van der Waals surface area contributed by atoms with Gasteiger partial charge in [0.2, 0.25) is 11.8 Å². The monoisotopic (exact) mass is 456 g/mol. The first kappa shape index (κ1) is 25.2. The first-order chi connectivity index (χ1) is 16.5.